The van der Waals surface area contributed by atoms with Gasteiger partial charge in [0.15, 0.2) is 5.82 Å². The van der Waals surface area contributed by atoms with Gasteiger partial charge in [-0.2, -0.15) is 4.80 Å². The van der Waals surface area contributed by atoms with E-state index in [1.54, 1.807) is 0 Å². The minimum absolute atomic E-state index is 0.0875. The predicted molar refractivity (Wildman–Crippen MR) is 115 cm³/mol. The number of aryl methyl sites for hydroxylation is 3. The summed E-state index contributed by atoms with van der Waals surface area (Å²) in [5.41, 5.74) is 1.86. The van der Waals surface area contributed by atoms with Gasteiger partial charge in [0.2, 0.25) is 5.91 Å². The van der Waals surface area contributed by atoms with E-state index < -0.39 is 0 Å². The van der Waals surface area contributed by atoms with Gasteiger partial charge in [0, 0.05) is 18.5 Å². The summed E-state index contributed by atoms with van der Waals surface area (Å²) < 4.78 is 2.15. The Balaban J connectivity index is 1.20. The fourth-order valence-electron chi connectivity index (χ4n) is 7.13. The second kappa shape index (κ2) is 6.61. The highest BCUT2D eigenvalue weighted by Crippen LogP contribution is 2.60. The number of benzene rings is 1. The third kappa shape index (κ3) is 3.06. The SMILES string of the molecule is Cc1nnn(C23CC4CC(CC(NC(=O)CCn5c(C)nc6ccccc65)(C4)C2)C3)n1. The molecular formula is C23H29N7O. The van der Waals surface area contributed by atoms with Crippen molar-refractivity contribution in [2.45, 2.75) is 76.4 Å². The van der Waals surface area contributed by atoms with Gasteiger partial charge in [0.05, 0.1) is 16.6 Å². The highest BCUT2D eigenvalue weighted by molar-refractivity contribution is 5.78. The molecule has 4 bridgehead atoms. The monoisotopic (exact) mass is 419 g/mol. The number of hydrogen-bond donors (Lipinski definition) is 1. The molecule has 7 rings (SSSR count). The zero-order valence-corrected chi connectivity index (χ0v) is 18.2. The fourth-order valence-corrected chi connectivity index (χ4v) is 7.13. The number of nitrogens with one attached hydrogen (secondary N) is 1. The molecular weight excluding hydrogens is 390 g/mol. The van der Waals surface area contributed by atoms with E-state index in [0.717, 1.165) is 54.8 Å². The van der Waals surface area contributed by atoms with E-state index in [9.17, 15) is 4.79 Å². The molecule has 1 amide bonds. The summed E-state index contributed by atoms with van der Waals surface area (Å²) in [7, 11) is 0. The number of rotatable bonds is 5. The normalized spacial score (nSPS) is 31.4. The zero-order chi connectivity index (χ0) is 21.2. The molecule has 2 heterocycles. The smallest absolute Gasteiger partial charge is 0.222 e. The molecule has 3 aromatic rings. The number of carbonyl (C=O) groups excluding carboxylic acids is 1. The Bertz CT molecular complexity index is 1150. The standard InChI is InChI=1S/C23H29N7O/c1-15-26-28-30(27-15)23-12-17-9-18(13-23)11-22(10-17,14-23)25-21(31)7-8-29-16(2)24-19-5-3-4-6-20(19)29/h3-6,17-18H,7-14H2,1-2H3,(H,25,31). The maximum absolute atomic E-state index is 13.1. The van der Waals surface area contributed by atoms with Crippen LogP contribution in [0, 0.1) is 25.7 Å². The second-order valence-corrected chi connectivity index (χ2v) is 10.2. The number of fused-ring (bicyclic) bond motifs is 1. The van der Waals surface area contributed by atoms with Crippen LogP contribution in [0.1, 0.15) is 56.6 Å². The molecule has 8 nitrogen and oxygen atoms in total. The van der Waals surface area contributed by atoms with E-state index in [2.05, 4.69) is 36.3 Å². The molecule has 4 fully saturated rings. The summed E-state index contributed by atoms with van der Waals surface area (Å²) >= 11 is 0. The van der Waals surface area contributed by atoms with Crippen LogP contribution in [0.4, 0.5) is 0 Å². The summed E-state index contributed by atoms with van der Waals surface area (Å²) in [6.07, 6.45) is 7.03. The van der Waals surface area contributed by atoms with Crippen LogP contribution in [0.5, 0.6) is 0 Å². The Morgan fingerprint density at radius 2 is 1.94 bits per heavy atom. The van der Waals surface area contributed by atoms with E-state index in [1.807, 2.05) is 36.8 Å². The van der Waals surface area contributed by atoms with Crippen LogP contribution < -0.4 is 5.32 Å². The molecule has 0 aliphatic heterocycles. The van der Waals surface area contributed by atoms with Gasteiger partial charge < -0.3 is 9.88 Å². The number of hydrogen-bond acceptors (Lipinski definition) is 5. The molecule has 0 radical (unpaired) electrons. The molecule has 2 unspecified atom stereocenters. The van der Waals surface area contributed by atoms with Crippen molar-refractivity contribution in [3.05, 3.63) is 35.9 Å². The number of amides is 1. The molecule has 1 N–H and O–H groups in total. The number of tetrazole rings is 1. The Labute approximate surface area is 181 Å². The number of imidazole rings is 1. The second-order valence-electron chi connectivity index (χ2n) is 10.2. The van der Waals surface area contributed by atoms with Gasteiger partial charge in [-0.3, -0.25) is 4.79 Å². The Hall–Kier alpha value is -2.77. The van der Waals surface area contributed by atoms with Crippen LogP contribution in [0.15, 0.2) is 24.3 Å². The number of carbonyl (C=O) groups is 1. The third-order valence-corrected chi connectivity index (χ3v) is 7.78. The highest BCUT2D eigenvalue weighted by Gasteiger charge is 2.60. The van der Waals surface area contributed by atoms with Crippen LogP contribution in [0.2, 0.25) is 0 Å². The van der Waals surface area contributed by atoms with Gasteiger partial charge in [-0.25, -0.2) is 4.98 Å². The van der Waals surface area contributed by atoms with Crippen LogP contribution in [-0.4, -0.2) is 41.2 Å². The fraction of sp³-hybridized carbons (Fsp3) is 0.609. The lowest BCUT2D eigenvalue weighted by Gasteiger charge is -2.61. The molecule has 8 heteroatoms. The maximum atomic E-state index is 13.1. The van der Waals surface area contributed by atoms with E-state index >= 15 is 0 Å². The van der Waals surface area contributed by atoms with Gasteiger partial charge in [0.1, 0.15) is 5.82 Å². The molecule has 162 valence electrons. The van der Waals surface area contributed by atoms with Crippen molar-refractivity contribution in [2.24, 2.45) is 11.8 Å². The first kappa shape index (κ1) is 19.0. The molecule has 2 atom stereocenters. The van der Waals surface area contributed by atoms with Gasteiger partial charge in [-0.15, -0.1) is 10.2 Å². The van der Waals surface area contributed by atoms with Gasteiger partial charge in [0.25, 0.3) is 0 Å². The maximum Gasteiger partial charge on any atom is 0.222 e. The number of aromatic nitrogens is 6. The third-order valence-electron chi connectivity index (χ3n) is 7.78. The van der Waals surface area contributed by atoms with Gasteiger partial charge in [-0.1, -0.05) is 12.1 Å². The van der Waals surface area contributed by atoms with Crippen molar-refractivity contribution in [2.75, 3.05) is 0 Å². The Kier molecular flexibility index (Phi) is 4.04. The van der Waals surface area contributed by atoms with Crippen LogP contribution >= 0.6 is 0 Å². The quantitative estimate of drug-likeness (QED) is 0.687. The van der Waals surface area contributed by atoms with E-state index in [1.165, 1.54) is 6.42 Å². The van der Waals surface area contributed by atoms with Crippen LogP contribution in [-0.2, 0) is 16.9 Å². The molecule has 4 saturated carbocycles. The summed E-state index contributed by atoms with van der Waals surface area (Å²) in [4.78, 5) is 19.6. The molecule has 4 aliphatic carbocycles. The molecule has 2 aromatic heterocycles. The molecule has 1 aromatic carbocycles. The molecule has 31 heavy (non-hydrogen) atoms. The summed E-state index contributed by atoms with van der Waals surface area (Å²) in [5.74, 6) is 3.07. The van der Waals surface area contributed by atoms with E-state index in [4.69, 9.17) is 0 Å². The van der Waals surface area contributed by atoms with Crippen LogP contribution in [0.3, 0.4) is 0 Å². The molecule has 4 aliphatic rings. The average Bonchev–Trinajstić information content (AvgIpc) is 3.28. The van der Waals surface area contributed by atoms with Crippen molar-refractivity contribution in [1.29, 1.82) is 0 Å². The van der Waals surface area contributed by atoms with Crippen molar-refractivity contribution in [1.82, 2.24) is 35.1 Å². The van der Waals surface area contributed by atoms with Crippen molar-refractivity contribution in [3.8, 4) is 0 Å². The van der Waals surface area contributed by atoms with Crippen molar-refractivity contribution < 1.29 is 4.79 Å². The summed E-state index contributed by atoms with van der Waals surface area (Å²) in [6, 6.07) is 8.12. The Morgan fingerprint density at radius 3 is 2.68 bits per heavy atom. The van der Waals surface area contributed by atoms with Gasteiger partial charge in [-0.05, 0) is 81.6 Å². The highest BCUT2D eigenvalue weighted by atomic mass is 16.1. The first-order valence-electron chi connectivity index (χ1n) is 11.4. The Morgan fingerprint density at radius 1 is 1.16 bits per heavy atom. The topological polar surface area (TPSA) is 90.5 Å². The first-order valence-corrected chi connectivity index (χ1v) is 11.4. The molecule has 0 spiro atoms. The molecule has 0 saturated heterocycles. The first-order chi connectivity index (χ1) is 14.9. The lowest BCUT2D eigenvalue weighted by Crippen LogP contribution is -2.66. The minimum Gasteiger partial charge on any atom is -0.350 e. The number of nitrogens with zero attached hydrogens (tertiary/aromatic N) is 6. The predicted octanol–water partition coefficient (Wildman–Crippen LogP) is 2.89. The number of para-hydroxylation sites is 2. The van der Waals surface area contributed by atoms with E-state index in [-0.39, 0.29) is 17.0 Å². The lowest BCUT2D eigenvalue weighted by atomic mass is 9.50. The summed E-state index contributed by atoms with van der Waals surface area (Å²) in [6.45, 7) is 4.55. The van der Waals surface area contributed by atoms with Crippen LogP contribution in [0.25, 0.3) is 11.0 Å². The average molecular weight is 420 g/mol. The van der Waals surface area contributed by atoms with Crippen molar-refractivity contribution in [3.63, 3.8) is 0 Å². The van der Waals surface area contributed by atoms with Gasteiger partial charge >= 0.3 is 0 Å². The lowest BCUT2D eigenvalue weighted by molar-refractivity contribution is -0.131. The largest absolute Gasteiger partial charge is 0.350 e. The van der Waals surface area contributed by atoms with E-state index in [0.29, 0.717) is 24.8 Å². The minimum atomic E-state index is -0.130. The van der Waals surface area contributed by atoms with Crippen molar-refractivity contribution >= 4 is 16.9 Å². The zero-order valence-electron chi connectivity index (χ0n) is 18.2. The summed E-state index contributed by atoms with van der Waals surface area (Å²) in [5, 5.41) is 16.6.